The molecule has 1 atom stereocenters. The maximum Gasteiger partial charge on any atom is 0.115 e. The Labute approximate surface area is 110 Å². The molecule has 3 nitrogen and oxygen atoms in total. The SMILES string of the molecule is CCC(c1ccc(O)cc1)N1CCNCC1(C)C. The lowest BCUT2D eigenvalue weighted by molar-refractivity contribution is 0.0422. The zero-order chi connectivity index (χ0) is 13.2. The number of hydrogen-bond acceptors (Lipinski definition) is 3. The van der Waals surface area contributed by atoms with Gasteiger partial charge in [-0.3, -0.25) is 4.90 Å². The summed E-state index contributed by atoms with van der Waals surface area (Å²) >= 11 is 0. The summed E-state index contributed by atoms with van der Waals surface area (Å²) in [6, 6.07) is 8.09. The fourth-order valence-electron chi connectivity index (χ4n) is 2.91. The molecule has 0 radical (unpaired) electrons. The molecule has 0 bridgehead atoms. The second-order valence-electron chi connectivity index (χ2n) is 5.70. The number of piperazine rings is 1. The topological polar surface area (TPSA) is 35.5 Å². The van der Waals surface area contributed by atoms with Gasteiger partial charge in [0.15, 0.2) is 0 Å². The molecule has 1 saturated heterocycles. The third-order valence-corrected chi connectivity index (χ3v) is 3.91. The van der Waals surface area contributed by atoms with Gasteiger partial charge < -0.3 is 10.4 Å². The highest BCUT2D eigenvalue weighted by atomic mass is 16.3. The first-order valence-corrected chi connectivity index (χ1v) is 6.81. The zero-order valence-electron chi connectivity index (χ0n) is 11.6. The van der Waals surface area contributed by atoms with E-state index in [1.165, 1.54) is 5.56 Å². The first kappa shape index (κ1) is 13.4. The normalized spacial score (nSPS) is 21.7. The molecular formula is C15H24N2O. The van der Waals surface area contributed by atoms with Gasteiger partial charge in [-0.1, -0.05) is 19.1 Å². The van der Waals surface area contributed by atoms with Crippen molar-refractivity contribution in [3.05, 3.63) is 29.8 Å². The molecule has 3 heteroatoms. The van der Waals surface area contributed by atoms with Gasteiger partial charge in [-0.2, -0.15) is 0 Å². The Balaban J connectivity index is 2.24. The summed E-state index contributed by atoms with van der Waals surface area (Å²) in [6.45, 7) is 9.98. The van der Waals surface area contributed by atoms with Crippen LogP contribution in [0.1, 0.15) is 38.8 Å². The molecule has 0 saturated carbocycles. The van der Waals surface area contributed by atoms with Crippen LogP contribution in [-0.2, 0) is 0 Å². The largest absolute Gasteiger partial charge is 0.508 e. The number of phenolic OH excluding ortho intramolecular Hbond substituents is 1. The Morgan fingerprint density at radius 2 is 2.00 bits per heavy atom. The van der Waals surface area contributed by atoms with E-state index in [0.717, 1.165) is 26.1 Å². The number of phenols is 1. The van der Waals surface area contributed by atoms with Crippen LogP contribution in [0, 0.1) is 0 Å². The molecule has 1 heterocycles. The van der Waals surface area contributed by atoms with E-state index < -0.39 is 0 Å². The van der Waals surface area contributed by atoms with E-state index in [4.69, 9.17) is 0 Å². The number of nitrogens with zero attached hydrogens (tertiary/aromatic N) is 1. The average molecular weight is 248 g/mol. The van der Waals surface area contributed by atoms with Gasteiger partial charge >= 0.3 is 0 Å². The minimum Gasteiger partial charge on any atom is -0.508 e. The Bertz CT molecular complexity index is 386. The molecule has 1 aliphatic rings. The molecule has 1 aliphatic heterocycles. The van der Waals surface area contributed by atoms with Crippen LogP contribution in [0.5, 0.6) is 5.75 Å². The summed E-state index contributed by atoms with van der Waals surface area (Å²) in [5.41, 5.74) is 1.47. The third kappa shape index (κ3) is 2.68. The first-order chi connectivity index (χ1) is 8.54. The Hall–Kier alpha value is -1.06. The fourth-order valence-corrected chi connectivity index (χ4v) is 2.91. The molecule has 100 valence electrons. The van der Waals surface area contributed by atoms with Gasteiger partial charge in [-0.25, -0.2) is 0 Å². The van der Waals surface area contributed by atoms with Crippen LogP contribution in [0.3, 0.4) is 0 Å². The number of hydrogen-bond donors (Lipinski definition) is 2. The van der Waals surface area contributed by atoms with Crippen LogP contribution in [0.4, 0.5) is 0 Å². The highest BCUT2D eigenvalue weighted by Crippen LogP contribution is 2.32. The molecule has 1 fully saturated rings. The van der Waals surface area contributed by atoms with Gasteiger partial charge in [0.1, 0.15) is 5.75 Å². The van der Waals surface area contributed by atoms with Crippen LogP contribution in [-0.4, -0.2) is 35.2 Å². The number of benzene rings is 1. The minimum absolute atomic E-state index is 0.177. The van der Waals surface area contributed by atoms with Crippen molar-refractivity contribution in [2.75, 3.05) is 19.6 Å². The van der Waals surface area contributed by atoms with E-state index in [1.54, 1.807) is 12.1 Å². The van der Waals surface area contributed by atoms with Crippen LogP contribution in [0.15, 0.2) is 24.3 Å². The van der Waals surface area contributed by atoms with Gasteiger partial charge in [0.2, 0.25) is 0 Å². The first-order valence-electron chi connectivity index (χ1n) is 6.81. The second-order valence-corrected chi connectivity index (χ2v) is 5.70. The molecule has 18 heavy (non-hydrogen) atoms. The van der Waals surface area contributed by atoms with Crippen molar-refractivity contribution < 1.29 is 5.11 Å². The second kappa shape index (κ2) is 5.29. The molecule has 2 rings (SSSR count). The summed E-state index contributed by atoms with van der Waals surface area (Å²) < 4.78 is 0. The maximum atomic E-state index is 9.40. The van der Waals surface area contributed by atoms with E-state index in [9.17, 15) is 5.11 Å². The van der Waals surface area contributed by atoms with E-state index in [2.05, 4.69) is 31.0 Å². The molecule has 1 unspecified atom stereocenters. The van der Waals surface area contributed by atoms with Crippen molar-refractivity contribution in [1.29, 1.82) is 0 Å². The highest BCUT2D eigenvalue weighted by molar-refractivity contribution is 5.28. The third-order valence-electron chi connectivity index (χ3n) is 3.91. The van der Waals surface area contributed by atoms with Crippen molar-refractivity contribution in [1.82, 2.24) is 10.2 Å². The summed E-state index contributed by atoms with van der Waals surface area (Å²) in [7, 11) is 0. The molecule has 1 aromatic carbocycles. The van der Waals surface area contributed by atoms with Crippen LogP contribution in [0.25, 0.3) is 0 Å². The van der Waals surface area contributed by atoms with Crippen molar-refractivity contribution >= 4 is 0 Å². The molecule has 2 N–H and O–H groups in total. The van der Waals surface area contributed by atoms with Gasteiger partial charge in [-0.15, -0.1) is 0 Å². The number of rotatable bonds is 3. The summed E-state index contributed by atoms with van der Waals surface area (Å²) in [5.74, 6) is 0.341. The minimum atomic E-state index is 0.177. The Kier molecular flexibility index (Phi) is 3.93. The maximum absolute atomic E-state index is 9.40. The van der Waals surface area contributed by atoms with Gasteiger partial charge in [-0.05, 0) is 38.0 Å². The van der Waals surface area contributed by atoms with Crippen molar-refractivity contribution in [2.24, 2.45) is 0 Å². The number of aromatic hydroxyl groups is 1. The highest BCUT2D eigenvalue weighted by Gasteiger charge is 2.34. The predicted octanol–water partition coefficient (Wildman–Crippen LogP) is 2.53. The van der Waals surface area contributed by atoms with Gasteiger partial charge in [0.05, 0.1) is 0 Å². The van der Waals surface area contributed by atoms with Gasteiger partial charge in [0, 0.05) is 31.2 Å². The average Bonchev–Trinajstić information content (AvgIpc) is 2.34. The van der Waals surface area contributed by atoms with E-state index >= 15 is 0 Å². The quantitative estimate of drug-likeness (QED) is 0.863. The smallest absolute Gasteiger partial charge is 0.115 e. The van der Waals surface area contributed by atoms with Crippen molar-refractivity contribution in [3.8, 4) is 5.75 Å². The summed E-state index contributed by atoms with van der Waals surface area (Å²) in [6.07, 6.45) is 1.09. The predicted molar refractivity (Wildman–Crippen MR) is 74.8 cm³/mol. The Morgan fingerprint density at radius 1 is 1.33 bits per heavy atom. The van der Waals surface area contributed by atoms with Crippen molar-refractivity contribution in [3.63, 3.8) is 0 Å². The standard InChI is InChI=1S/C15H24N2O/c1-4-14(12-5-7-13(18)8-6-12)17-10-9-16-11-15(17,2)3/h5-8,14,16,18H,4,9-11H2,1-3H3. The van der Waals surface area contributed by atoms with E-state index in [1.807, 2.05) is 12.1 Å². The lowest BCUT2D eigenvalue weighted by Crippen LogP contribution is -2.58. The lowest BCUT2D eigenvalue weighted by atomic mass is 9.93. The van der Waals surface area contributed by atoms with Gasteiger partial charge in [0.25, 0.3) is 0 Å². The van der Waals surface area contributed by atoms with Crippen LogP contribution < -0.4 is 5.32 Å². The van der Waals surface area contributed by atoms with Crippen LogP contribution in [0.2, 0.25) is 0 Å². The zero-order valence-corrected chi connectivity index (χ0v) is 11.6. The van der Waals surface area contributed by atoms with Crippen LogP contribution >= 0.6 is 0 Å². The molecule has 0 aliphatic carbocycles. The molecule has 1 aromatic rings. The molecule has 0 spiro atoms. The molecular weight excluding hydrogens is 224 g/mol. The molecule has 0 aromatic heterocycles. The summed E-state index contributed by atoms with van der Waals surface area (Å²) in [5, 5.41) is 12.9. The molecule has 0 amide bonds. The number of nitrogens with one attached hydrogen (secondary N) is 1. The van der Waals surface area contributed by atoms with E-state index in [0.29, 0.717) is 11.8 Å². The lowest BCUT2D eigenvalue weighted by Gasteiger charge is -2.47. The monoisotopic (exact) mass is 248 g/mol. The fraction of sp³-hybridized carbons (Fsp3) is 0.600. The van der Waals surface area contributed by atoms with Crippen molar-refractivity contribution in [2.45, 2.75) is 38.8 Å². The summed E-state index contributed by atoms with van der Waals surface area (Å²) in [4.78, 5) is 2.58. The Morgan fingerprint density at radius 3 is 2.56 bits per heavy atom. The van der Waals surface area contributed by atoms with E-state index in [-0.39, 0.29) is 5.54 Å².